The number of carbonyl (C=O) groups excluding carboxylic acids is 1. The molecular weight excluding hydrogens is 324 g/mol. The van der Waals surface area contributed by atoms with Gasteiger partial charge >= 0.3 is 0 Å². The van der Waals surface area contributed by atoms with E-state index >= 15 is 0 Å². The highest BCUT2D eigenvalue weighted by Gasteiger charge is 2.56. The molecule has 0 spiro atoms. The molecule has 3 heterocycles. The third-order valence-electron chi connectivity index (χ3n) is 5.66. The van der Waals surface area contributed by atoms with Crippen molar-refractivity contribution >= 4 is 17.2 Å². The molecule has 4 aliphatic rings. The Hall–Kier alpha value is -0.980. The van der Waals surface area contributed by atoms with Gasteiger partial charge in [-0.1, -0.05) is 0 Å². The minimum absolute atomic E-state index is 0.0519. The molecule has 2 aliphatic carbocycles. The van der Waals surface area contributed by atoms with E-state index in [-0.39, 0.29) is 12.0 Å². The highest BCUT2D eigenvalue weighted by molar-refractivity contribution is 7.09. The minimum atomic E-state index is -0.628. The van der Waals surface area contributed by atoms with Crippen LogP contribution in [0.1, 0.15) is 43.4 Å². The van der Waals surface area contributed by atoms with Crippen LogP contribution in [-0.2, 0) is 20.8 Å². The third kappa shape index (κ3) is 3.00. The van der Waals surface area contributed by atoms with Crippen LogP contribution in [0.4, 0.5) is 0 Å². The van der Waals surface area contributed by atoms with Gasteiger partial charge in [-0.3, -0.25) is 4.79 Å². The molecule has 1 amide bonds. The van der Waals surface area contributed by atoms with Crippen molar-refractivity contribution in [2.45, 2.75) is 63.7 Å². The molecule has 0 aromatic carbocycles. The van der Waals surface area contributed by atoms with Crippen molar-refractivity contribution in [3.05, 3.63) is 15.9 Å². The van der Waals surface area contributed by atoms with Gasteiger partial charge in [0.25, 0.3) is 5.91 Å². The van der Waals surface area contributed by atoms with Crippen LogP contribution in [0.2, 0.25) is 0 Å². The van der Waals surface area contributed by atoms with Crippen molar-refractivity contribution in [1.82, 2.24) is 4.57 Å². The van der Waals surface area contributed by atoms with E-state index < -0.39 is 5.60 Å². The number of aryl methyl sites for hydroxylation is 2. The first-order valence-electron chi connectivity index (χ1n) is 9.01. The van der Waals surface area contributed by atoms with E-state index in [1.807, 2.05) is 0 Å². The zero-order chi connectivity index (χ0) is 16.7. The number of hydrogen-bond acceptors (Lipinski definition) is 4. The molecule has 2 saturated heterocycles. The van der Waals surface area contributed by atoms with Crippen molar-refractivity contribution < 1.29 is 14.3 Å². The van der Waals surface area contributed by atoms with Gasteiger partial charge in [0.2, 0.25) is 0 Å². The Kier molecular flexibility index (Phi) is 4.39. The van der Waals surface area contributed by atoms with Gasteiger partial charge < -0.3 is 14.0 Å². The average Bonchev–Trinajstić information content (AvgIpc) is 2.86. The minimum Gasteiger partial charge on any atom is -0.385 e. The molecule has 24 heavy (non-hydrogen) atoms. The van der Waals surface area contributed by atoms with Crippen LogP contribution in [0.5, 0.6) is 0 Å². The largest absolute Gasteiger partial charge is 0.385 e. The average molecular weight is 350 g/mol. The van der Waals surface area contributed by atoms with Gasteiger partial charge in [0.05, 0.1) is 6.10 Å². The number of amides is 1. The molecule has 5 nitrogen and oxygen atoms in total. The maximum atomic E-state index is 13.0. The summed E-state index contributed by atoms with van der Waals surface area (Å²) in [5.41, 5.74) is -0.628. The lowest BCUT2D eigenvalue weighted by atomic mass is 9.62. The maximum absolute atomic E-state index is 13.0. The molecule has 2 unspecified atom stereocenters. The second kappa shape index (κ2) is 6.39. The predicted octanol–water partition coefficient (Wildman–Crippen LogP) is 2.67. The second-order valence-corrected chi connectivity index (χ2v) is 8.88. The number of carbonyl (C=O) groups is 1. The molecule has 6 heteroatoms. The summed E-state index contributed by atoms with van der Waals surface area (Å²) in [5, 5.41) is 0. The molecule has 4 fully saturated rings. The second-order valence-electron chi connectivity index (χ2n) is 7.66. The van der Waals surface area contributed by atoms with E-state index in [0.29, 0.717) is 18.4 Å². The van der Waals surface area contributed by atoms with Gasteiger partial charge in [0.15, 0.2) is 4.80 Å². The Bertz CT molecular complexity index is 655. The van der Waals surface area contributed by atoms with Crippen LogP contribution in [0.15, 0.2) is 11.2 Å². The number of nitrogens with zero attached hydrogens (tertiary/aromatic N) is 2. The predicted molar refractivity (Wildman–Crippen MR) is 91.8 cm³/mol. The first kappa shape index (κ1) is 16.5. The lowest BCUT2D eigenvalue weighted by Gasteiger charge is -2.54. The zero-order valence-corrected chi connectivity index (χ0v) is 15.3. The Morgan fingerprint density at radius 2 is 2.17 bits per heavy atom. The molecule has 132 valence electrons. The molecule has 4 bridgehead atoms. The summed E-state index contributed by atoms with van der Waals surface area (Å²) in [6.07, 6.45) is 8.58. The fourth-order valence-electron chi connectivity index (χ4n) is 4.91. The van der Waals surface area contributed by atoms with Crippen LogP contribution in [0.25, 0.3) is 0 Å². The van der Waals surface area contributed by atoms with E-state index in [4.69, 9.17) is 9.47 Å². The topological polar surface area (TPSA) is 52.8 Å². The van der Waals surface area contributed by atoms with E-state index in [1.165, 1.54) is 11.3 Å². The summed E-state index contributed by atoms with van der Waals surface area (Å²) in [5.74, 6) is 1.27. The van der Waals surface area contributed by atoms with E-state index in [2.05, 4.69) is 22.7 Å². The van der Waals surface area contributed by atoms with Gasteiger partial charge in [-0.2, -0.15) is 4.99 Å². The monoisotopic (exact) mass is 350 g/mol. The molecule has 0 radical (unpaired) electrons. The Labute approximate surface area is 146 Å². The van der Waals surface area contributed by atoms with Crippen molar-refractivity contribution in [2.75, 3.05) is 13.7 Å². The van der Waals surface area contributed by atoms with Crippen LogP contribution in [-0.4, -0.2) is 35.9 Å². The highest BCUT2D eigenvalue weighted by atomic mass is 32.1. The van der Waals surface area contributed by atoms with Gasteiger partial charge in [-0.25, -0.2) is 0 Å². The number of methoxy groups -OCH3 is 1. The van der Waals surface area contributed by atoms with Crippen molar-refractivity contribution in [3.8, 4) is 0 Å². The molecule has 2 saturated carbocycles. The maximum Gasteiger partial charge on any atom is 0.280 e. The van der Waals surface area contributed by atoms with E-state index in [0.717, 1.165) is 43.5 Å². The number of rotatable bonds is 5. The van der Waals surface area contributed by atoms with Crippen molar-refractivity contribution in [1.29, 1.82) is 0 Å². The van der Waals surface area contributed by atoms with Crippen molar-refractivity contribution in [3.63, 3.8) is 0 Å². The number of hydrogen-bond donors (Lipinski definition) is 0. The van der Waals surface area contributed by atoms with Crippen LogP contribution in [0, 0.1) is 18.8 Å². The molecule has 2 atom stereocenters. The molecule has 1 aromatic rings. The van der Waals surface area contributed by atoms with Gasteiger partial charge in [0.1, 0.15) is 5.60 Å². The SMILES string of the molecule is COCCCn1cc(C)sc1=NC(=O)C12CC3CC(CC(C3)O1)C2. The highest BCUT2D eigenvalue weighted by Crippen LogP contribution is 2.53. The summed E-state index contributed by atoms with van der Waals surface area (Å²) < 4.78 is 13.4. The Morgan fingerprint density at radius 1 is 1.42 bits per heavy atom. The normalized spacial score (nSPS) is 34.9. The molecular formula is C18H26N2O3S. The Balaban J connectivity index is 1.58. The number of aromatic nitrogens is 1. The number of thiazole rings is 1. The summed E-state index contributed by atoms with van der Waals surface area (Å²) in [4.78, 5) is 19.5. The Morgan fingerprint density at radius 3 is 2.83 bits per heavy atom. The smallest absolute Gasteiger partial charge is 0.280 e. The molecule has 0 N–H and O–H groups in total. The van der Waals surface area contributed by atoms with Crippen LogP contribution in [0.3, 0.4) is 0 Å². The molecule has 5 rings (SSSR count). The fourth-order valence-corrected chi connectivity index (χ4v) is 5.77. The zero-order valence-electron chi connectivity index (χ0n) is 14.5. The summed E-state index contributed by atoms with van der Waals surface area (Å²) >= 11 is 1.58. The first-order valence-corrected chi connectivity index (χ1v) is 9.82. The fraction of sp³-hybridized carbons (Fsp3) is 0.778. The van der Waals surface area contributed by atoms with Gasteiger partial charge in [0, 0.05) is 31.3 Å². The summed E-state index contributed by atoms with van der Waals surface area (Å²) in [7, 11) is 1.71. The van der Waals surface area contributed by atoms with Crippen molar-refractivity contribution in [2.24, 2.45) is 16.8 Å². The first-order chi connectivity index (χ1) is 11.6. The molecule has 1 aromatic heterocycles. The van der Waals surface area contributed by atoms with Crippen LogP contribution < -0.4 is 4.80 Å². The summed E-state index contributed by atoms with van der Waals surface area (Å²) in [6.45, 7) is 3.60. The molecule has 2 aliphatic heterocycles. The number of ether oxygens (including phenoxy) is 2. The van der Waals surface area contributed by atoms with Crippen LogP contribution >= 0.6 is 11.3 Å². The van der Waals surface area contributed by atoms with E-state index in [1.54, 1.807) is 18.4 Å². The van der Waals surface area contributed by atoms with E-state index in [9.17, 15) is 4.79 Å². The summed E-state index contributed by atoms with van der Waals surface area (Å²) in [6, 6.07) is 0. The lowest BCUT2D eigenvalue weighted by Crippen LogP contribution is -2.58. The quantitative estimate of drug-likeness (QED) is 0.767. The van der Waals surface area contributed by atoms with Gasteiger partial charge in [-0.15, -0.1) is 11.3 Å². The third-order valence-corrected chi connectivity index (χ3v) is 6.59. The van der Waals surface area contributed by atoms with Gasteiger partial charge in [-0.05, 0) is 57.3 Å². The standard InChI is InChI=1S/C18H26N2O3S/c1-12-11-20(4-3-5-22-2)17(24-12)19-16(21)18-9-13-6-14(10-18)8-15(7-13)23-18/h11,13-15H,3-10H2,1-2H3. The lowest BCUT2D eigenvalue weighted by molar-refractivity contribution is -0.216.